The topological polar surface area (TPSA) is 32.3 Å². The molecule has 2 nitrogen and oxygen atoms in total. The summed E-state index contributed by atoms with van der Waals surface area (Å²) in [6, 6.07) is 8.43. The summed E-state index contributed by atoms with van der Waals surface area (Å²) in [5.41, 5.74) is 1.28. The Morgan fingerprint density at radius 1 is 1.33 bits per heavy atom. The van der Waals surface area contributed by atoms with Crippen LogP contribution in [0.15, 0.2) is 24.3 Å². The largest absolute Gasteiger partial charge is 0.392 e. The quantitative estimate of drug-likeness (QED) is 0.792. The van der Waals surface area contributed by atoms with Crippen molar-refractivity contribution in [3.63, 3.8) is 0 Å². The normalized spacial score (nSPS) is 18.6. The number of nitrogens with one attached hydrogen (secondary N) is 1. The number of hydrogen-bond donors (Lipinski definition) is 2. The Morgan fingerprint density at radius 2 is 2.00 bits per heavy atom. The van der Waals surface area contributed by atoms with E-state index in [1.807, 2.05) is 12.1 Å². The van der Waals surface area contributed by atoms with Gasteiger partial charge >= 0.3 is 0 Å². The van der Waals surface area contributed by atoms with E-state index in [2.05, 4.69) is 24.4 Å². The van der Waals surface area contributed by atoms with Gasteiger partial charge in [0.05, 0.1) is 6.10 Å². The van der Waals surface area contributed by atoms with Crippen LogP contribution in [0.1, 0.15) is 44.2 Å². The molecule has 0 aromatic heterocycles. The lowest BCUT2D eigenvalue weighted by atomic mass is 10.0. The standard InChI is InChI=1S/C15H22ClNO/c1-2-3-14(18)10-17-15(11-4-5-11)12-6-8-13(16)9-7-12/h6-9,11,14-15,17-18H,2-5,10H2,1H3. The Kier molecular flexibility index (Phi) is 5.04. The zero-order valence-electron chi connectivity index (χ0n) is 10.9. The van der Waals surface area contributed by atoms with Gasteiger partial charge in [-0.3, -0.25) is 0 Å². The van der Waals surface area contributed by atoms with Crippen LogP contribution in [0.5, 0.6) is 0 Å². The molecule has 1 fully saturated rings. The highest BCUT2D eigenvalue weighted by atomic mass is 35.5. The monoisotopic (exact) mass is 267 g/mol. The Morgan fingerprint density at radius 3 is 2.56 bits per heavy atom. The summed E-state index contributed by atoms with van der Waals surface area (Å²) < 4.78 is 0. The molecular weight excluding hydrogens is 246 g/mol. The molecule has 1 aromatic rings. The highest BCUT2D eigenvalue weighted by molar-refractivity contribution is 6.30. The lowest BCUT2D eigenvalue weighted by molar-refractivity contribution is 0.155. The Hall–Kier alpha value is -0.570. The first kappa shape index (κ1) is 13.9. The van der Waals surface area contributed by atoms with Gasteiger partial charge in [0.2, 0.25) is 0 Å². The fraction of sp³-hybridized carbons (Fsp3) is 0.600. The van der Waals surface area contributed by atoms with Crippen LogP contribution in [0.25, 0.3) is 0 Å². The highest BCUT2D eigenvalue weighted by Gasteiger charge is 2.32. The minimum Gasteiger partial charge on any atom is -0.392 e. The minimum atomic E-state index is -0.233. The van der Waals surface area contributed by atoms with E-state index in [0.717, 1.165) is 23.8 Å². The number of benzene rings is 1. The molecule has 0 heterocycles. The van der Waals surface area contributed by atoms with E-state index in [-0.39, 0.29) is 6.10 Å². The molecule has 2 rings (SSSR count). The zero-order valence-corrected chi connectivity index (χ0v) is 11.7. The number of rotatable bonds is 7. The molecule has 3 heteroatoms. The average Bonchev–Trinajstić information content (AvgIpc) is 3.16. The lowest BCUT2D eigenvalue weighted by Gasteiger charge is -2.21. The van der Waals surface area contributed by atoms with Crippen LogP contribution in [-0.2, 0) is 0 Å². The maximum Gasteiger partial charge on any atom is 0.0664 e. The highest BCUT2D eigenvalue weighted by Crippen LogP contribution is 2.41. The minimum absolute atomic E-state index is 0.233. The summed E-state index contributed by atoms with van der Waals surface area (Å²) in [6.45, 7) is 2.78. The van der Waals surface area contributed by atoms with Gasteiger partial charge in [0, 0.05) is 17.6 Å². The van der Waals surface area contributed by atoms with Crippen molar-refractivity contribution >= 4 is 11.6 Å². The number of halogens is 1. The van der Waals surface area contributed by atoms with Crippen LogP contribution in [0.3, 0.4) is 0 Å². The zero-order chi connectivity index (χ0) is 13.0. The first-order chi connectivity index (χ1) is 8.70. The predicted octanol–water partition coefficient (Wildman–Crippen LogP) is 3.54. The van der Waals surface area contributed by atoms with Crippen molar-refractivity contribution in [2.75, 3.05) is 6.54 Å². The van der Waals surface area contributed by atoms with Gasteiger partial charge in [-0.2, -0.15) is 0 Å². The summed E-state index contributed by atoms with van der Waals surface area (Å²) in [6.07, 6.45) is 4.22. The fourth-order valence-corrected chi connectivity index (χ4v) is 2.48. The molecule has 0 radical (unpaired) electrons. The molecule has 0 saturated heterocycles. The van der Waals surface area contributed by atoms with Crippen molar-refractivity contribution in [3.05, 3.63) is 34.9 Å². The maximum atomic E-state index is 9.81. The van der Waals surface area contributed by atoms with E-state index < -0.39 is 0 Å². The van der Waals surface area contributed by atoms with Crippen LogP contribution in [0, 0.1) is 5.92 Å². The summed E-state index contributed by atoms with van der Waals surface area (Å²) in [4.78, 5) is 0. The van der Waals surface area contributed by atoms with Gasteiger partial charge in [-0.15, -0.1) is 0 Å². The van der Waals surface area contributed by atoms with Gasteiger partial charge in [0.1, 0.15) is 0 Å². The van der Waals surface area contributed by atoms with E-state index in [0.29, 0.717) is 12.6 Å². The molecule has 1 aliphatic carbocycles. The summed E-state index contributed by atoms with van der Waals surface area (Å²) >= 11 is 5.92. The first-order valence-corrected chi connectivity index (χ1v) is 7.25. The molecule has 1 aromatic carbocycles. The van der Waals surface area contributed by atoms with Gasteiger partial charge in [-0.1, -0.05) is 37.1 Å². The van der Waals surface area contributed by atoms with Crippen molar-refractivity contribution in [1.82, 2.24) is 5.32 Å². The first-order valence-electron chi connectivity index (χ1n) is 6.87. The number of hydrogen-bond acceptors (Lipinski definition) is 2. The SMILES string of the molecule is CCCC(O)CNC(c1ccc(Cl)cc1)C1CC1. The second-order valence-corrected chi connectivity index (χ2v) is 5.65. The van der Waals surface area contributed by atoms with Crippen molar-refractivity contribution < 1.29 is 5.11 Å². The van der Waals surface area contributed by atoms with Gasteiger partial charge in [0.15, 0.2) is 0 Å². The molecule has 0 amide bonds. The molecule has 0 spiro atoms. The molecule has 0 bridgehead atoms. The number of aliphatic hydroxyl groups is 1. The smallest absolute Gasteiger partial charge is 0.0664 e. The molecule has 1 aliphatic rings. The van der Waals surface area contributed by atoms with Crippen molar-refractivity contribution in [2.45, 2.75) is 44.8 Å². The third-order valence-corrected chi connectivity index (χ3v) is 3.77. The van der Waals surface area contributed by atoms with Gasteiger partial charge in [-0.25, -0.2) is 0 Å². The van der Waals surface area contributed by atoms with Crippen molar-refractivity contribution in [1.29, 1.82) is 0 Å². The summed E-state index contributed by atoms with van der Waals surface area (Å²) in [5, 5.41) is 14.1. The van der Waals surface area contributed by atoms with Crippen LogP contribution in [0.4, 0.5) is 0 Å². The Balaban J connectivity index is 1.94. The fourth-order valence-electron chi connectivity index (χ4n) is 2.35. The van der Waals surface area contributed by atoms with E-state index >= 15 is 0 Å². The second kappa shape index (κ2) is 6.55. The van der Waals surface area contributed by atoms with Crippen LogP contribution in [0.2, 0.25) is 5.02 Å². The van der Waals surface area contributed by atoms with Crippen LogP contribution >= 0.6 is 11.6 Å². The molecular formula is C15H22ClNO. The molecule has 100 valence electrons. The molecule has 2 unspecified atom stereocenters. The van der Waals surface area contributed by atoms with E-state index in [4.69, 9.17) is 11.6 Å². The molecule has 2 N–H and O–H groups in total. The second-order valence-electron chi connectivity index (χ2n) is 5.22. The summed E-state index contributed by atoms with van der Waals surface area (Å²) in [7, 11) is 0. The van der Waals surface area contributed by atoms with E-state index in [9.17, 15) is 5.11 Å². The maximum absolute atomic E-state index is 9.81. The van der Waals surface area contributed by atoms with E-state index in [1.54, 1.807) is 0 Å². The van der Waals surface area contributed by atoms with Gasteiger partial charge in [0.25, 0.3) is 0 Å². The van der Waals surface area contributed by atoms with Gasteiger partial charge < -0.3 is 10.4 Å². The molecule has 0 aliphatic heterocycles. The third-order valence-electron chi connectivity index (χ3n) is 3.52. The van der Waals surface area contributed by atoms with E-state index in [1.165, 1.54) is 18.4 Å². The Bertz CT molecular complexity index is 361. The van der Waals surface area contributed by atoms with Crippen LogP contribution < -0.4 is 5.32 Å². The predicted molar refractivity (Wildman–Crippen MR) is 75.8 cm³/mol. The third kappa shape index (κ3) is 3.98. The summed E-state index contributed by atoms with van der Waals surface area (Å²) in [5.74, 6) is 0.722. The van der Waals surface area contributed by atoms with Crippen molar-refractivity contribution in [2.24, 2.45) is 5.92 Å². The average molecular weight is 268 g/mol. The Labute approximate surface area is 114 Å². The molecule has 18 heavy (non-hydrogen) atoms. The van der Waals surface area contributed by atoms with Crippen molar-refractivity contribution in [3.8, 4) is 0 Å². The van der Waals surface area contributed by atoms with Gasteiger partial charge in [-0.05, 0) is 42.9 Å². The van der Waals surface area contributed by atoms with Crippen LogP contribution in [-0.4, -0.2) is 17.8 Å². The molecule has 2 atom stereocenters. The number of aliphatic hydroxyl groups excluding tert-OH is 1. The molecule has 1 saturated carbocycles. The lowest BCUT2D eigenvalue weighted by Crippen LogP contribution is -2.31.